The second kappa shape index (κ2) is 8.80. The van der Waals surface area contributed by atoms with Crippen molar-refractivity contribution in [3.05, 3.63) is 59.2 Å². The lowest BCUT2D eigenvalue weighted by molar-refractivity contribution is -0.121. The number of aliphatic hydroxyl groups excluding tert-OH is 2. The average molecular weight is 390 g/mol. The predicted molar refractivity (Wildman–Crippen MR) is 105 cm³/mol. The highest BCUT2D eigenvalue weighted by atomic mass is 35.5. The molecule has 1 aromatic heterocycles. The average Bonchev–Trinajstić information content (AvgIpc) is 2.67. The van der Waals surface area contributed by atoms with E-state index in [9.17, 15) is 15.0 Å². The van der Waals surface area contributed by atoms with Crippen molar-refractivity contribution >= 4 is 23.3 Å². The number of hydrogen-bond acceptors (Lipinski definition) is 5. The van der Waals surface area contributed by atoms with Gasteiger partial charge >= 0.3 is 0 Å². The number of likely N-dealkylation sites (tertiary alicyclic amines) is 1. The van der Waals surface area contributed by atoms with Gasteiger partial charge in [0.25, 0.3) is 0 Å². The second-order valence-corrected chi connectivity index (χ2v) is 7.54. The van der Waals surface area contributed by atoms with Crippen molar-refractivity contribution in [2.45, 2.75) is 18.9 Å². The number of carbonyl (C=O) groups is 1. The fraction of sp³-hybridized carbons (Fsp3) is 0.400. The van der Waals surface area contributed by atoms with E-state index in [0.29, 0.717) is 36.8 Å². The first kappa shape index (κ1) is 19.8. The van der Waals surface area contributed by atoms with Gasteiger partial charge in [-0.1, -0.05) is 41.9 Å². The minimum absolute atomic E-state index is 0.139. The fourth-order valence-corrected chi connectivity index (χ4v) is 3.71. The number of amides is 1. The van der Waals surface area contributed by atoms with E-state index >= 15 is 0 Å². The van der Waals surface area contributed by atoms with Gasteiger partial charge in [0.1, 0.15) is 5.82 Å². The summed E-state index contributed by atoms with van der Waals surface area (Å²) in [5.74, 6) is 0.256. The number of benzene rings is 1. The normalized spacial score (nSPS) is 23.1. The Morgan fingerprint density at radius 1 is 1.30 bits per heavy atom. The Kier molecular flexibility index (Phi) is 6.44. The topological polar surface area (TPSA) is 85.7 Å². The smallest absolute Gasteiger partial charge is 0.239 e. The zero-order valence-electron chi connectivity index (χ0n) is 15.0. The first-order valence-corrected chi connectivity index (χ1v) is 9.35. The molecule has 144 valence electrons. The highest BCUT2D eigenvalue weighted by Gasteiger charge is 2.42. The lowest BCUT2D eigenvalue weighted by atomic mass is 9.73. The molecule has 1 unspecified atom stereocenters. The molecule has 1 saturated heterocycles. The Balaban J connectivity index is 1.64. The van der Waals surface area contributed by atoms with Crippen LogP contribution in [0.2, 0.25) is 5.02 Å². The predicted octanol–water partition coefficient (Wildman–Crippen LogP) is 1.96. The molecular formula is C20H24ClN3O3. The van der Waals surface area contributed by atoms with Crippen molar-refractivity contribution in [3.8, 4) is 0 Å². The summed E-state index contributed by atoms with van der Waals surface area (Å²) in [4.78, 5) is 18.4. The summed E-state index contributed by atoms with van der Waals surface area (Å²) in [7, 11) is 0. The number of halogens is 1. The lowest BCUT2D eigenvalue weighted by Crippen LogP contribution is -2.56. The standard InChI is InChI=1S/C20H24ClN3O3/c21-16-6-7-18(22-11-16)23-19(27)12-24-9-8-17(26)20(13-24,14-25)10-15-4-2-1-3-5-15/h1-7,11,17,25-26H,8-10,12-14H2,(H,22,23,27)/t17?,20-/m1/s1. The molecular weight excluding hydrogens is 366 g/mol. The molecule has 3 rings (SSSR count). The van der Waals surface area contributed by atoms with E-state index in [1.165, 1.54) is 6.20 Å². The monoisotopic (exact) mass is 389 g/mol. The van der Waals surface area contributed by atoms with Gasteiger partial charge in [-0.15, -0.1) is 0 Å². The highest BCUT2D eigenvalue weighted by molar-refractivity contribution is 6.30. The molecule has 1 fully saturated rings. The van der Waals surface area contributed by atoms with Crippen molar-refractivity contribution in [2.24, 2.45) is 5.41 Å². The van der Waals surface area contributed by atoms with Crippen LogP contribution in [0, 0.1) is 5.41 Å². The number of nitrogens with one attached hydrogen (secondary N) is 1. The SMILES string of the molecule is O=C(CN1CCC(O)[C@](CO)(Cc2ccccc2)C1)Nc1ccc(Cl)cn1. The molecule has 2 heterocycles. The second-order valence-electron chi connectivity index (χ2n) is 7.11. The minimum Gasteiger partial charge on any atom is -0.396 e. The Hall–Kier alpha value is -1.99. The van der Waals surface area contributed by atoms with Gasteiger partial charge in [0, 0.05) is 24.7 Å². The molecule has 6 nitrogen and oxygen atoms in total. The van der Waals surface area contributed by atoms with Crippen LogP contribution in [0.15, 0.2) is 48.7 Å². The van der Waals surface area contributed by atoms with Crippen molar-refractivity contribution in [2.75, 3.05) is 31.6 Å². The molecule has 2 aromatic rings. The summed E-state index contributed by atoms with van der Waals surface area (Å²) in [6.07, 6.45) is 1.94. The summed E-state index contributed by atoms with van der Waals surface area (Å²) < 4.78 is 0. The zero-order valence-corrected chi connectivity index (χ0v) is 15.8. The van der Waals surface area contributed by atoms with Gasteiger partial charge in [-0.3, -0.25) is 9.69 Å². The van der Waals surface area contributed by atoms with Crippen LogP contribution in [0.5, 0.6) is 0 Å². The number of hydrogen-bond donors (Lipinski definition) is 3. The number of carbonyl (C=O) groups excluding carboxylic acids is 1. The number of aromatic nitrogens is 1. The molecule has 0 radical (unpaired) electrons. The van der Waals surface area contributed by atoms with Crippen LogP contribution in [-0.2, 0) is 11.2 Å². The third kappa shape index (κ3) is 5.05. The Morgan fingerprint density at radius 3 is 2.74 bits per heavy atom. The van der Waals surface area contributed by atoms with Crippen LogP contribution in [0.4, 0.5) is 5.82 Å². The van der Waals surface area contributed by atoms with Crippen molar-refractivity contribution in [1.29, 1.82) is 0 Å². The van der Waals surface area contributed by atoms with Gasteiger partial charge < -0.3 is 15.5 Å². The molecule has 0 saturated carbocycles. The summed E-state index contributed by atoms with van der Waals surface area (Å²) in [6, 6.07) is 13.1. The third-order valence-electron chi connectivity index (χ3n) is 5.04. The Bertz CT molecular complexity index is 757. The van der Waals surface area contributed by atoms with Crippen molar-refractivity contribution < 1.29 is 15.0 Å². The largest absolute Gasteiger partial charge is 0.396 e. The van der Waals surface area contributed by atoms with Crippen LogP contribution in [-0.4, -0.2) is 58.3 Å². The fourth-order valence-electron chi connectivity index (χ4n) is 3.60. The van der Waals surface area contributed by atoms with Crippen LogP contribution in [0.3, 0.4) is 0 Å². The molecule has 0 aliphatic carbocycles. The van der Waals surface area contributed by atoms with Gasteiger partial charge in [-0.25, -0.2) is 4.98 Å². The third-order valence-corrected chi connectivity index (χ3v) is 5.26. The first-order chi connectivity index (χ1) is 13.0. The van der Waals surface area contributed by atoms with Gasteiger partial charge in [0.05, 0.1) is 24.3 Å². The van der Waals surface area contributed by atoms with Crippen LogP contribution in [0.1, 0.15) is 12.0 Å². The maximum absolute atomic E-state index is 12.4. The number of anilines is 1. The van der Waals surface area contributed by atoms with Crippen LogP contribution in [0.25, 0.3) is 0 Å². The number of piperidine rings is 1. The van der Waals surface area contributed by atoms with Crippen molar-refractivity contribution in [1.82, 2.24) is 9.88 Å². The van der Waals surface area contributed by atoms with E-state index in [1.54, 1.807) is 12.1 Å². The van der Waals surface area contributed by atoms with E-state index < -0.39 is 11.5 Å². The summed E-state index contributed by atoms with van der Waals surface area (Å²) in [5, 5.41) is 23.9. The number of rotatable bonds is 6. The maximum atomic E-state index is 12.4. The number of aliphatic hydroxyl groups is 2. The molecule has 7 heteroatoms. The van der Waals surface area contributed by atoms with E-state index in [4.69, 9.17) is 11.6 Å². The molecule has 2 atom stereocenters. The molecule has 0 spiro atoms. The van der Waals surface area contributed by atoms with E-state index in [2.05, 4.69) is 10.3 Å². The molecule has 1 aliphatic heterocycles. The number of nitrogens with zero attached hydrogens (tertiary/aromatic N) is 2. The quantitative estimate of drug-likeness (QED) is 0.703. The van der Waals surface area contributed by atoms with Gasteiger partial charge in [0.2, 0.25) is 5.91 Å². The van der Waals surface area contributed by atoms with Gasteiger partial charge in [0.15, 0.2) is 0 Å². The lowest BCUT2D eigenvalue weighted by Gasteiger charge is -2.45. The van der Waals surface area contributed by atoms with E-state index in [0.717, 1.165) is 5.56 Å². The molecule has 27 heavy (non-hydrogen) atoms. The minimum atomic E-state index is -0.682. The Morgan fingerprint density at radius 2 is 2.07 bits per heavy atom. The molecule has 1 aliphatic rings. The van der Waals surface area contributed by atoms with Crippen molar-refractivity contribution in [3.63, 3.8) is 0 Å². The van der Waals surface area contributed by atoms with Gasteiger partial charge in [-0.2, -0.15) is 0 Å². The van der Waals surface area contributed by atoms with Crippen LogP contribution < -0.4 is 5.32 Å². The zero-order chi connectivity index (χ0) is 19.3. The molecule has 3 N–H and O–H groups in total. The summed E-state index contributed by atoms with van der Waals surface area (Å²) >= 11 is 5.80. The highest BCUT2D eigenvalue weighted by Crippen LogP contribution is 2.33. The molecule has 1 aromatic carbocycles. The molecule has 1 amide bonds. The summed E-state index contributed by atoms with van der Waals surface area (Å²) in [5.41, 5.74) is 0.376. The van der Waals surface area contributed by atoms with Gasteiger partial charge in [-0.05, 0) is 30.5 Å². The summed E-state index contributed by atoms with van der Waals surface area (Å²) in [6.45, 7) is 1.08. The molecule has 0 bridgehead atoms. The number of pyridine rings is 1. The van der Waals surface area contributed by atoms with E-state index in [1.807, 2.05) is 35.2 Å². The first-order valence-electron chi connectivity index (χ1n) is 8.97. The maximum Gasteiger partial charge on any atom is 0.239 e. The van der Waals surface area contributed by atoms with Crippen LogP contribution >= 0.6 is 11.6 Å². The Labute approximate surface area is 163 Å². The van der Waals surface area contributed by atoms with E-state index in [-0.39, 0.29) is 19.1 Å².